The summed E-state index contributed by atoms with van der Waals surface area (Å²) >= 11 is 1.96. The second-order valence-corrected chi connectivity index (χ2v) is 4.42. The third-order valence-electron chi connectivity index (χ3n) is 2.55. The van der Waals surface area contributed by atoms with Crippen LogP contribution < -0.4 is 5.32 Å². The van der Waals surface area contributed by atoms with Crippen LogP contribution >= 0.6 is 11.8 Å². The van der Waals surface area contributed by atoms with Gasteiger partial charge in [-0.3, -0.25) is 4.98 Å². The average Bonchev–Trinajstić information content (AvgIpc) is 2.15. The molecule has 1 aliphatic rings. The zero-order valence-electron chi connectivity index (χ0n) is 7.73. The molecule has 1 aromatic heterocycles. The number of nitrogens with one attached hydrogen (secondary N) is 1. The van der Waals surface area contributed by atoms with Crippen molar-refractivity contribution in [3.8, 4) is 0 Å². The molecule has 0 spiro atoms. The zero-order valence-corrected chi connectivity index (χ0v) is 8.55. The number of pyridine rings is 1. The van der Waals surface area contributed by atoms with Crippen LogP contribution in [0.15, 0.2) is 24.5 Å². The van der Waals surface area contributed by atoms with Crippen molar-refractivity contribution in [2.75, 3.05) is 11.6 Å². The number of anilines is 1. The van der Waals surface area contributed by atoms with E-state index in [0.717, 1.165) is 5.25 Å². The first-order valence-electron chi connectivity index (χ1n) is 4.59. The summed E-state index contributed by atoms with van der Waals surface area (Å²) in [5.74, 6) is 0. The molecule has 0 radical (unpaired) electrons. The Balaban J connectivity index is 1.92. The summed E-state index contributed by atoms with van der Waals surface area (Å²) in [4.78, 5) is 3.99. The molecule has 0 amide bonds. The Labute approximate surface area is 83.1 Å². The van der Waals surface area contributed by atoms with E-state index in [1.54, 1.807) is 0 Å². The van der Waals surface area contributed by atoms with Gasteiger partial charge in [0.1, 0.15) is 0 Å². The standard InChI is InChI=1S/C10H14N2S/c1-13-10-3-2-9(10)12-8-4-6-11-7-5-8/h4-7,9-10H,2-3H2,1H3,(H,11,12). The van der Waals surface area contributed by atoms with Gasteiger partial charge in [-0.05, 0) is 31.2 Å². The quantitative estimate of drug-likeness (QED) is 0.799. The largest absolute Gasteiger partial charge is 0.381 e. The molecule has 0 aromatic carbocycles. The number of hydrogen-bond acceptors (Lipinski definition) is 3. The van der Waals surface area contributed by atoms with Crippen LogP contribution in [-0.4, -0.2) is 22.5 Å². The van der Waals surface area contributed by atoms with Gasteiger partial charge >= 0.3 is 0 Å². The normalized spacial score (nSPS) is 26.5. The molecular formula is C10H14N2S. The number of nitrogens with zero attached hydrogens (tertiary/aromatic N) is 1. The van der Waals surface area contributed by atoms with E-state index in [9.17, 15) is 0 Å². The van der Waals surface area contributed by atoms with Gasteiger partial charge in [0.05, 0.1) is 0 Å². The number of thioether (sulfide) groups is 1. The Hall–Kier alpha value is -0.700. The maximum atomic E-state index is 3.99. The van der Waals surface area contributed by atoms with Crippen molar-refractivity contribution in [1.29, 1.82) is 0 Å². The third-order valence-corrected chi connectivity index (χ3v) is 3.72. The SMILES string of the molecule is CSC1CCC1Nc1ccncc1. The highest BCUT2D eigenvalue weighted by molar-refractivity contribution is 7.99. The molecule has 1 aromatic rings. The second kappa shape index (κ2) is 4.01. The van der Waals surface area contributed by atoms with Gasteiger partial charge in [0.15, 0.2) is 0 Å². The number of aromatic nitrogens is 1. The van der Waals surface area contributed by atoms with Crippen LogP contribution in [0.5, 0.6) is 0 Å². The van der Waals surface area contributed by atoms with Crippen molar-refractivity contribution in [2.24, 2.45) is 0 Å². The van der Waals surface area contributed by atoms with E-state index in [0.29, 0.717) is 6.04 Å². The highest BCUT2D eigenvalue weighted by Crippen LogP contribution is 2.32. The van der Waals surface area contributed by atoms with Gasteiger partial charge in [0.25, 0.3) is 0 Å². The van der Waals surface area contributed by atoms with Crippen molar-refractivity contribution in [3.05, 3.63) is 24.5 Å². The minimum atomic E-state index is 0.664. The molecule has 2 rings (SSSR count). The molecule has 1 N–H and O–H groups in total. The first-order valence-corrected chi connectivity index (χ1v) is 5.88. The van der Waals surface area contributed by atoms with Gasteiger partial charge in [0, 0.05) is 29.4 Å². The molecule has 0 bridgehead atoms. The summed E-state index contributed by atoms with van der Waals surface area (Å²) in [5.41, 5.74) is 1.19. The predicted octanol–water partition coefficient (Wildman–Crippen LogP) is 2.39. The minimum absolute atomic E-state index is 0.664. The highest BCUT2D eigenvalue weighted by atomic mass is 32.2. The van der Waals surface area contributed by atoms with Gasteiger partial charge in [0.2, 0.25) is 0 Å². The lowest BCUT2D eigenvalue weighted by Gasteiger charge is -2.36. The molecular weight excluding hydrogens is 180 g/mol. The fourth-order valence-electron chi connectivity index (χ4n) is 1.58. The first-order chi connectivity index (χ1) is 6.40. The topological polar surface area (TPSA) is 24.9 Å². The van der Waals surface area contributed by atoms with Crippen molar-refractivity contribution in [2.45, 2.75) is 24.1 Å². The van der Waals surface area contributed by atoms with Crippen molar-refractivity contribution in [1.82, 2.24) is 4.98 Å². The van der Waals surface area contributed by atoms with Gasteiger partial charge in [-0.2, -0.15) is 11.8 Å². The summed E-state index contributed by atoms with van der Waals surface area (Å²) < 4.78 is 0. The maximum Gasteiger partial charge on any atom is 0.0380 e. The van der Waals surface area contributed by atoms with Crippen LogP contribution in [0.3, 0.4) is 0 Å². The van der Waals surface area contributed by atoms with Crippen molar-refractivity contribution in [3.63, 3.8) is 0 Å². The monoisotopic (exact) mass is 194 g/mol. The Kier molecular flexibility index (Phi) is 2.74. The summed E-state index contributed by atoms with van der Waals surface area (Å²) in [5, 5.41) is 4.32. The van der Waals surface area contributed by atoms with E-state index >= 15 is 0 Å². The molecule has 2 unspecified atom stereocenters. The Bertz CT molecular complexity index is 261. The maximum absolute atomic E-state index is 3.99. The Morgan fingerprint density at radius 2 is 2.15 bits per heavy atom. The summed E-state index contributed by atoms with van der Waals surface area (Å²) in [6, 6.07) is 4.71. The van der Waals surface area contributed by atoms with Crippen molar-refractivity contribution >= 4 is 17.4 Å². The van der Waals surface area contributed by atoms with Crippen LogP contribution in [0.25, 0.3) is 0 Å². The van der Waals surface area contributed by atoms with Crippen LogP contribution in [0, 0.1) is 0 Å². The summed E-state index contributed by atoms with van der Waals surface area (Å²) in [7, 11) is 0. The molecule has 13 heavy (non-hydrogen) atoms. The van der Waals surface area contributed by atoms with Crippen LogP contribution in [0.2, 0.25) is 0 Å². The van der Waals surface area contributed by atoms with E-state index in [2.05, 4.69) is 16.6 Å². The van der Waals surface area contributed by atoms with E-state index < -0.39 is 0 Å². The molecule has 0 aliphatic heterocycles. The lowest BCUT2D eigenvalue weighted by atomic mass is 9.92. The molecule has 1 heterocycles. The van der Waals surface area contributed by atoms with Crippen LogP contribution in [0.4, 0.5) is 5.69 Å². The smallest absolute Gasteiger partial charge is 0.0380 e. The van der Waals surface area contributed by atoms with Gasteiger partial charge in [-0.25, -0.2) is 0 Å². The fourth-order valence-corrected chi connectivity index (χ4v) is 2.48. The van der Waals surface area contributed by atoms with E-state index in [-0.39, 0.29) is 0 Å². The molecule has 3 heteroatoms. The average molecular weight is 194 g/mol. The number of hydrogen-bond donors (Lipinski definition) is 1. The van der Waals surface area contributed by atoms with Crippen LogP contribution in [0.1, 0.15) is 12.8 Å². The molecule has 2 nitrogen and oxygen atoms in total. The zero-order chi connectivity index (χ0) is 9.10. The minimum Gasteiger partial charge on any atom is -0.381 e. The Morgan fingerprint density at radius 3 is 2.69 bits per heavy atom. The highest BCUT2D eigenvalue weighted by Gasteiger charge is 2.29. The van der Waals surface area contributed by atoms with Gasteiger partial charge in [-0.15, -0.1) is 0 Å². The predicted molar refractivity (Wildman–Crippen MR) is 58.2 cm³/mol. The van der Waals surface area contributed by atoms with E-state index in [1.807, 2.05) is 36.3 Å². The number of rotatable bonds is 3. The summed E-state index contributed by atoms with van der Waals surface area (Å²) in [6.45, 7) is 0. The molecule has 1 saturated carbocycles. The fraction of sp³-hybridized carbons (Fsp3) is 0.500. The molecule has 2 atom stereocenters. The van der Waals surface area contributed by atoms with E-state index in [4.69, 9.17) is 0 Å². The third kappa shape index (κ3) is 1.97. The summed E-state index contributed by atoms with van der Waals surface area (Å²) in [6.07, 6.45) is 8.49. The van der Waals surface area contributed by atoms with Gasteiger partial charge < -0.3 is 5.32 Å². The van der Waals surface area contributed by atoms with E-state index in [1.165, 1.54) is 18.5 Å². The van der Waals surface area contributed by atoms with Crippen molar-refractivity contribution < 1.29 is 0 Å². The molecule has 70 valence electrons. The Morgan fingerprint density at radius 1 is 1.38 bits per heavy atom. The van der Waals surface area contributed by atoms with Gasteiger partial charge in [-0.1, -0.05) is 0 Å². The molecule has 1 aliphatic carbocycles. The lowest BCUT2D eigenvalue weighted by molar-refractivity contribution is 0.463. The molecule has 1 fully saturated rings. The second-order valence-electron chi connectivity index (χ2n) is 3.34. The lowest BCUT2D eigenvalue weighted by Crippen LogP contribution is -2.40. The first kappa shape index (κ1) is 8.88. The van der Waals surface area contributed by atoms with Crippen LogP contribution in [-0.2, 0) is 0 Å². The molecule has 0 saturated heterocycles.